The SMILES string of the molecule is CCN(CC)CCCC(C)NCCCNC(=O)OC(C)(C)C. The molecule has 1 atom stereocenters. The van der Waals surface area contributed by atoms with Crippen LogP contribution in [0, 0.1) is 0 Å². The fraction of sp³-hybridized carbons (Fsp3) is 0.941. The van der Waals surface area contributed by atoms with E-state index in [4.69, 9.17) is 4.74 Å². The molecule has 5 nitrogen and oxygen atoms in total. The van der Waals surface area contributed by atoms with Gasteiger partial charge < -0.3 is 20.3 Å². The predicted molar refractivity (Wildman–Crippen MR) is 93.3 cm³/mol. The van der Waals surface area contributed by atoms with Crippen LogP contribution in [0.4, 0.5) is 4.79 Å². The Morgan fingerprint density at radius 3 is 2.32 bits per heavy atom. The van der Waals surface area contributed by atoms with E-state index in [1.54, 1.807) is 0 Å². The van der Waals surface area contributed by atoms with Crippen molar-refractivity contribution in [2.24, 2.45) is 0 Å². The number of nitrogens with one attached hydrogen (secondary N) is 2. The minimum Gasteiger partial charge on any atom is -0.444 e. The topological polar surface area (TPSA) is 53.6 Å². The summed E-state index contributed by atoms with van der Waals surface area (Å²) < 4.78 is 5.19. The Labute approximate surface area is 137 Å². The van der Waals surface area contributed by atoms with Crippen molar-refractivity contribution in [1.29, 1.82) is 0 Å². The summed E-state index contributed by atoms with van der Waals surface area (Å²) in [6.45, 7) is 17.3. The standard InChI is InChI=1S/C17H37N3O2/c1-7-20(8-2)14-9-11-15(3)18-12-10-13-19-16(21)22-17(4,5)6/h15,18H,7-14H2,1-6H3,(H,19,21). The number of ether oxygens (including phenoxy) is 1. The highest BCUT2D eigenvalue weighted by atomic mass is 16.6. The maximum Gasteiger partial charge on any atom is 0.407 e. The molecule has 0 fully saturated rings. The molecule has 0 aliphatic heterocycles. The van der Waals surface area contributed by atoms with Gasteiger partial charge in [-0.2, -0.15) is 0 Å². The number of carbonyl (C=O) groups excluding carboxylic acids is 1. The van der Waals surface area contributed by atoms with Gasteiger partial charge in [-0.05, 0) is 73.1 Å². The van der Waals surface area contributed by atoms with E-state index in [1.807, 2.05) is 20.8 Å². The first-order valence-corrected chi connectivity index (χ1v) is 8.71. The van der Waals surface area contributed by atoms with Crippen molar-refractivity contribution in [3.05, 3.63) is 0 Å². The number of hydrogen-bond donors (Lipinski definition) is 2. The molecule has 5 heteroatoms. The summed E-state index contributed by atoms with van der Waals surface area (Å²) in [4.78, 5) is 13.9. The predicted octanol–water partition coefficient (Wildman–Crippen LogP) is 3.00. The molecule has 0 rings (SSSR count). The number of hydrogen-bond acceptors (Lipinski definition) is 4. The average Bonchev–Trinajstić information content (AvgIpc) is 2.41. The van der Waals surface area contributed by atoms with Crippen molar-refractivity contribution < 1.29 is 9.53 Å². The third kappa shape index (κ3) is 12.9. The highest BCUT2D eigenvalue weighted by molar-refractivity contribution is 5.67. The fourth-order valence-corrected chi connectivity index (χ4v) is 2.20. The molecule has 1 unspecified atom stereocenters. The highest BCUT2D eigenvalue weighted by Gasteiger charge is 2.15. The number of alkyl carbamates (subject to hydrolysis) is 1. The lowest BCUT2D eigenvalue weighted by atomic mass is 10.1. The minimum absolute atomic E-state index is 0.334. The zero-order chi connectivity index (χ0) is 17.0. The Bertz CT molecular complexity index is 286. The molecule has 0 aromatic heterocycles. The molecule has 0 radical (unpaired) electrons. The lowest BCUT2D eigenvalue weighted by Gasteiger charge is -2.20. The van der Waals surface area contributed by atoms with Crippen molar-refractivity contribution in [3.8, 4) is 0 Å². The lowest BCUT2D eigenvalue weighted by Crippen LogP contribution is -2.35. The fourth-order valence-electron chi connectivity index (χ4n) is 2.20. The van der Waals surface area contributed by atoms with Crippen molar-refractivity contribution >= 4 is 6.09 Å². The zero-order valence-corrected chi connectivity index (χ0v) is 15.5. The molecule has 0 aromatic carbocycles. The van der Waals surface area contributed by atoms with Gasteiger partial charge in [-0.25, -0.2) is 4.79 Å². The van der Waals surface area contributed by atoms with E-state index < -0.39 is 5.60 Å². The van der Waals surface area contributed by atoms with Gasteiger partial charge in [-0.15, -0.1) is 0 Å². The van der Waals surface area contributed by atoms with Gasteiger partial charge in [0.15, 0.2) is 0 Å². The second-order valence-corrected chi connectivity index (χ2v) is 6.81. The van der Waals surface area contributed by atoms with Gasteiger partial charge in [0.2, 0.25) is 0 Å². The Kier molecular flexibility index (Phi) is 11.3. The molecule has 0 saturated carbocycles. The summed E-state index contributed by atoms with van der Waals surface area (Å²) in [7, 11) is 0. The molecular weight excluding hydrogens is 278 g/mol. The summed E-state index contributed by atoms with van der Waals surface area (Å²) in [5, 5.41) is 6.28. The second-order valence-electron chi connectivity index (χ2n) is 6.81. The lowest BCUT2D eigenvalue weighted by molar-refractivity contribution is 0.0527. The van der Waals surface area contributed by atoms with Crippen molar-refractivity contribution in [1.82, 2.24) is 15.5 Å². The Morgan fingerprint density at radius 2 is 1.77 bits per heavy atom. The Hall–Kier alpha value is -0.810. The highest BCUT2D eigenvalue weighted by Crippen LogP contribution is 2.06. The summed E-state index contributed by atoms with van der Waals surface area (Å²) in [5.74, 6) is 0. The van der Waals surface area contributed by atoms with Crippen molar-refractivity contribution in [2.45, 2.75) is 72.4 Å². The van der Waals surface area contributed by atoms with Crippen LogP contribution >= 0.6 is 0 Å². The first-order chi connectivity index (χ1) is 10.3. The molecule has 0 saturated heterocycles. The minimum atomic E-state index is -0.429. The molecule has 0 spiro atoms. The van der Waals surface area contributed by atoms with Crippen LogP contribution in [-0.2, 0) is 4.74 Å². The molecule has 0 bridgehead atoms. The van der Waals surface area contributed by atoms with Gasteiger partial charge in [0.1, 0.15) is 5.60 Å². The first kappa shape index (κ1) is 21.2. The van der Waals surface area contributed by atoms with E-state index >= 15 is 0 Å². The maximum atomic E-state index is 11.5. The molecule has 1 amide bonds. The number of amides is 1. The normalized spacial score (nSPS) is 13.2. The summed E-state index contributed by atoms with van der Waals surface area (Å²) in [6.07, 6.45) is 3.00. The van der Waals surface area contributed by atoms with E-state index in [-0.39, 0.29) is 6.09 Å². The summed E-state index contributed by atoms with van der Waals surface area (Å²) >= 11 is 0. The number of nitrogens with zero attached hydrogens (tertiary/aromatic N) is 1. The van der Waals surface area contributed by atoms with Crippen LogP contribution in [0.25, 0.3) is 0 Å². The third-order valence-corrected chi connectivity index (χ3v) is 3.52. The number of rotatable bonds is 11. The van der Waals surface area contributed by atoms with Crippen LogP contribution in [0.1, 0.15) is 60.8 Å². The van der Waals surface area contributed by atoms with Crippen LogP contribution in [0.2, 0.25) is 0 Å². The van der Waals surface area contributed by atoms with Gasteiger partial charge in [0.05, 0.1) is 0 Å². The van der Waals surface area contributed by atoms with Crippen LogP contribution in [0.3, 0.4) is 0 Å². The van der Waals surface area contributed by atoms with Gasteiger partial charge >= 0.3 is 6.09 Å². The molecule has 132 valence electrons. The quantitative estimate of drug-likeness (QED) is 0.576. The van der Waals surface area contributed by atoms with E-state index in [9.17, 15) is 4.79 Å². The summed E-state index contributed by atoms with van der Waals surface area (Å²) in [6, 6.07) is 0.525. The molecule has 0 aliphatic rings. The Morgan fingerprint density at radius 1 is 1.14 bits per heavy atom. The van der Waals surface area contributed by atoms with Crippen LogP contribution in [0.15, 0.2) is 0 Å². The Balaban J connectivity index is 3.53. The summed E-state index contributed by atoms with van der Waals surface area (Å²) in [5.41, 5.74) is -0.429. The van der Waals surface area contributed by atoms with Gasteiger partial charge in [0, 0.05) is 12.6 Å². The molecule has 22 heavy (non-hydrogen) atoms. The second kappa shape index (κ2) is 11.7. The van der Waals surface area contributed by atoms with Crippen molar-refractivity contribution in [3.63, 3.8) is 0 Å². The van der Waals surface area contributed by atoms with Crippen molar-refractivity contribution in [2.75, 3.05) is 32.7 Å². The monoisotopic (exact) mass is 315 g/mol. The van der Waals surface area contributed by atoms with E-state index in [2.05, 4.69) is 36.3 Å². The van der Waals surface area contributed by atoms with Crippen LogP contribution in [-0.4, -0.2) is 55.4 Å². The molecule has 0 aliphatic carbocycles. The average molecular weight is 316 g/mol. The molecule has 2 N–H and O–H groups in total. The molecule has 0 aromatic rings. The van der Waals surface area contributed by atoms with E-state index in [1.165, 1.54) is 19.4 Å². The third-order valence-electron chi connectivity index (χ3n) is 3.52. The maximum absolute atomic E-state index is 11.5. The van der Waals surface area contributed by atoms with Gasteiger partial charge in [-0.1, -0.05) is 13.8 Å². The smallest absolute Gasteiger partial charge is 0.407 e. The van der Waals surface area contributed by atoms with Crippen LogP contribution in [0.5, 0.6) is 0 Å². The molecule has 0 heterocycles. The van der Waals surface area contributed by atoms with E-state index in [0.717, 1.165) is 26.1 Å². The largest absolute Gasteiger partial charge is 0.444 e. The van der Waals surface area contributed by atoms with Gasteiger partial charge in [0.25, 0.3) is 0 Å². The van der Waals surface area contributed by atoms with Gasteiger partial charge in [-0.3, -0.25) is 0 Å². The zero-order valence-electron chi connectivity index (χ0n) is 15.5. The number of carbonyl (C=O) groups is 1. The van der Waals surface area contributed by atoms with E-state index in [0.29, 0.717) is 12.6 Å². The molecular formula is C17H37N3O2. The van der Waals surface area contributed by atoms with Crippen LogP contribution < -0.4 is 10.6 Å². The first-order valence-electron chi connectivity index (χ1n) is 8.71.